The number of aliphatic hydroxyl groups is 2. The van der Waals surface area contributed by atoms with E-state index in [0.29, 0.717) is 24.3 Å². The molecular weight excluding hydrogens is 244 g/mol. The highest BCUT2D eigenvalue weighted by atomic mass is 32.2. The lowest BCUT2D eigenvalue weighted by Gasteiger charge is -2.11. The van der Waals surface area contributed by atoms with E-state index in [1.165, 1.54) is 23.9 Å². The highest BCUT2D eigenvalue weighted by Gasteiger charge is 2.07. The van der Waals surface area contributed by atoms with Crippen molar-refractivity contribution in [1.82, 2.24) is 0 Å². The number of aliphatic imine (C=N–C) groups is 2. The lowest BCUT2D eigenvalue weighted by molar-refractivity contribution is 0.187. The summed E-state index contributed by atoms with van der Waals surface area (Å²) in [5.74, 6) is 0.949. The van der Waals surface area contributed by atoms with E-state index < -0.39 is 12.2 Å². The number of hydrogen-bond acceptors (Lipinski definition) is 7. The van der Waals surface area contributed by atoms with Gasteiger partial charge in [-0.2, -0.15) is 11.8 Å². The molecule has 2 N–H and O–H groups in total. The van der Waals surface area contributed by atoms with E-state index in [-0.39, 0.29) is 13.1 Å². The van der Waals surface area contributed by atoms with Crippen molar-refractivity contribution in [2.45, 2.75) is 25.0 Å². The molecule has 0 aromatic rings. The van der Waals surface area contributed by atoms with E-state index in [4.69, 9.17) is 0 Å². The average Bonchev–Trinajstić information content (AvgIpc) is 2.30. The quantitative estimate of drug-likeness (QED) is 0.422. The maximum absolute atomic E-state index is 9.77. The van der Waals surface area contributed by atoms with Gasteiger partial charge < -0.3 is 10.2 Å². The third kappa shape index (κ3) is 11.3. The lowest BCUT2D eigenvalue weighted by atomic mass is 10.3. The first-order valence-corrected chi connectivity index (χ1v) is 6.37. The van der Waals surface area contributed by atoms with Crippen molar-refractivity contribution in [3.05, 3.63) is 0 Å². The van der Waals surface area contributed by atoms with Gasteiger partial charge in [-0.05, 0) is 12.8 Å². The van der Waals surface area contributed by atoms with Gasteiger partial charge in [0, 0.05) is 11.5 Å². The van der Waals surface area contributed by atoms with Gasteiger partial charge in [0.25, 0.3) is 0 Å². The first-order chi connectivity index (χ1) is 8.20. The molecule has 0 saturated carbocycles. The monoisotopic (exact) mass is 260 g/mol. The summed E-state index contributed by atoms with van der Waals surface area (Å²) in [5, 5.41) is 18.9. The molecule has 0 aliphatic rings. The van der Waals surface area contributed by atoms with Gasteiger partial charge in [-0.1, -0.05) is 0 Å². The SMILES string of the molecule is O=C=NCCC(O)CSCC(O)CCN=C=O. The van der Waals surface area contributed by atoms with E-state index in [1.807, 2.05) is 0 Å². The fourth-order valence-corrected chi connectivity index (χ4v) is 2.04. The Hall–Kier alpha value is -0.970. The lowest BCUT2D eigenvalue weighted by Crippen LogP contribution is -2.16. The topological polar surface area (TPSA) is 99.3 Å². The third-order valence-electron chi connectivity index (χ3n) is 1.90. The Balaban J connectivity index is 3.47. The standard InChI is InChI=1S/C10H16N2O4S/c13-7-11-3-1-9(15)5-17-6-10(16)2-4-12-8-14/h9-10,15-16H,1-6H2. The maximum Gasteiger partial charge on any atom is 0.234 e. The molecule has 0 saturated heterocycles. The number of carbonyl (C=O) groups excluding carboxylic acids is 2. The maximum atomic E-state index is 9.77. The summed E-state index contributed by atoms with van der Waals surface area (Å²) in [5.41, 5.74) is 0. The van der Waals surface area contributed by atoms with Gasteiger partial charge in [-0.25, -0.2) is 19.6 Å². The van der Waals surface area contributed by atoms with Crippen LogP contribution in [-0.4, -0.2) is 59.2 Å². The van der Waals surface area contributed by atoms with Crippen LogP contribution >= 0.6 is 11.8 Å². The van der Waals surface area contributed by atoms with Crippen molar-refractivity contribution in [2.24, 2.45) is 9.98 Å². The molecule has 0 aliphatic heterocycles. The smallest absolute Gasteiger partial charge is 0.234 e. The molecule has 0 fully saturated rings. The van der Waals surface area contributed by atoms with Crippen LogP contribution in [0.25, 0.3) is 0 Å². The predicted molar refractivity (Wildman–Crippen MR) is 64.5 cm³/mol. The Kier molecular flexibility index (Phi) is 10.9. The summed E-state index contributed by atoms with van der Waals surface area (Å²) in [7, 11) is 0. The summed E-state index contributed by atoms with van der Waals surface area (Å²) < 4.78 is 0. The number of aliphatic hydroxyl groups excluding tert-OH is 2. The van der Waals surface area contributed by atoms with Crippen molar-refractivity contribution in [1.29, 1.82) is 0 Å². The van der Waals surface area contributed by atoms with Gasteiger partial charge in [0.15, 0.2) is 0 Å². The van der Waals surface area contributed by atoms with Gasteiger partial charge >= 0.3 is 0 Å². The zero-order valence-electron chi connectivity index (χ0n) is 9.41. The molecule has 0 bridgehead atoms. The fourth-order valence-electron chi connectivity index (χ4n) is 1.03. The largest absolute Gasteiger partial charge is 0.392 e. The normalized spacial score (nSPS) is 13.3. The van der Waals surface area contributed by atoms with Crippen LogP contribution in [0.15, 0.2) is 9.98 Å². The Morgan fingerprint density at radius 1 is 0.941 bits per heavy atom. The molecule has 6 nitrogen and oxygen atoms in total. The van der Waals surface area contributed by atoms with Crippen LogP contribution in [0, 0.1) is 0 Å². The zero-order valence-corrected chi connectivity index (χ0v) is 10.2. The first kappa shape index (κ1) is 16.0. The molecule has 2 unspecified atom stereocenters. The van der Waals surface area contributed by atoms with Gasteiger partial charge in [-0.15, -0.1) is 0 Å². The van der Waals surface area contributed by atoms with E-state index in [1.54, 1.807) is 0 Å². The second kappa shape index (κ2) is 11.5. The van der Waals surface area contributed by atoms with Crippen molar-refractivity contribution in [3.63, 3.8) is 0 Å². The fraction of sp³-hybridized carbons (Fsp3) is 0.800. The molecule has 0 rings (SSSR count). The number of hydrogen-bond donors (Lipinski definition) is 2. The first-order valence-electron chi connectivity index (χ1n) is 5.21. The van der Waals surface area contributed by atoms with Crippen LogP contribution in [0.4, 0.5) is 0 Å². The van der Waals surface area contributed by atoms with Crippen molar-refractivity contribution in [3.8, 4) is 0 Å². The zero-order chi connectivity index (χ0) is 12.9. The van der Waals surface area contributed by atoms with E-state index in [2.05, 4.69) is 9.98 Å². The predicted octanol–water partition coefficient (Wildman–Crippen LogP) is -0.107. The molecule has 0 radical (unpaired) electrons. The van der Waals surface area contributed by atoms with Crippen LogP contribution in [0.2, 0.25) is 0 Å². The van der Waals surface area contributed by atoms with Crippen LogP contribution in [0.1, 0.15) is 12.8 Å². The minimum atomic E-state index is -0.544. The summed E-state index contributed by atoms with van der Waals surface area (Å²) in [4.78, 5) is 26.2. The van der Waals surface area contributed by atoms with Gasteiger partial charge in [-0.3, -0.25) is 0 Å². The minimum Gasteiger partial charge on any atom is -0.392 e. The molecule has 17 heavy (non-hydrogen) atoms. The van der Waals surface area contributed by atoms with Crippen LogP contribution in [-0.2, 0) is 9.59 Å². The van der Waals surface area contributed by atoms with E-state index in [9.17, 15) is 19.8 Å². The summed E-state index contributed by atoms with van der Waals surface area (Å²) in [6, 6.07) is 0. The highest BCUT2D eigenvalue weighted by molar-refractivity contribution is 7.99. The van der Waals surface area contributed by atoms with Crippen LogP contribution < -0.4 is 0 Å². The van der Waals surface area contributed by atoms with E-state index >= 15 is 0 Å². The molecule has 2 atom stereocenters. The second-order valence-corrected chi connectivity index (χ2v) is 4.44. The third-order valence-corrected chi connectivity index (χ3v) is 3.14. The van der Waals surface area contributed by atoms with Crippen molar-refractivity contribution in [2.75, 3.05) is 24.6 Å². The molecule has 0 aromatic heterocycles. The second-order valence-electron chi connectivity index (χ2n) is 3.37. The highest BCUT2D eigenvalue weighted by Crippen LogP contribution is 2.09. The molecule has 0 aromatic carbocycles. The molecule has 0 amide bonds. The number of nitrogens with zero attached hydrogens (tertiary/aromatic N) is 2. The average molecular weight is 260 g/mol. The molecule has 7 heteroatoms. The number of thioether (sulfide) groups is 1. The van der Waals surface area contributed by atoms with Crippen molar-refractivity contribution < 1.29 is 19.8 Å². The van der Waals surface area contributed by atoms with Gasteiger partial charge in [0.05, 0.1) is 25.3 Å². The summed E-state index contributed by atoms with van der Waals surface area (Å²) >= 11 is 1.41. The Bertz CT molecular complexity index is 260. The minimum absolute atomic E-state index is 0.266. The molecule has 0 aliphatic carbocycles. The van der Waals surface area contributed by atoms with Crippen LogP contribution in [0.5, 0.6) is 0 Å². The Morgan fingerprint density at radius 3 is 1.71 bits per heavy atom. The molecule has 0 spiro atoms. The summed E-state index contributed by atoms with van der Waals surface area (Å²) in [6.45, 7) is 0.531. The number of isocyanates is 2. The molecule has 0 heterocycles. The van der Waals surface area contributed by atoms with Gasteiger partial charge in [0.2, 0.25) is 12.2 Å². The van der Waals surface area contributed by atoms with E-state index in [0.717, 1.165) is 0 Å². The number of rotatable bonds is 10. The summed E-state index contributed by atoms with van der Waals surface area (Å²) in [6.07, 6.45) is 2.54. The Labute approximate surface area is 104 Å². The van der Waals surface area contributed by atoms with Crippen LogP contribution in [0.3, 0.4) is 0 Å². The molecule has 96 valence electrons. The van der Waals surface area contributed by atoms with Crippen molar-refractivity contribution >= 4 is 23.9 Å². The Morgan fingerprint density at radius 2 is 1.35 bits per heavy atom. The molecular formula is C10H16N2O4S. The van der Waals surface area contributed by atoms with Gasteiger partial charge in [0.1, 0.15) is 0 Å².